The van der Waals surface area contributed by atoms with Crippen LogP contribution in [0.1, 0.15) is 24.0 Å². The SMILES string of the molecule is O=C(O)C=C(CBr)Oc1cccc2c1CCCC2. The van der Waals surface area contributed by atoms with Gasteiger partial charge in [0.05, 0.1) is 11.4 Å². The highest BCUT2D eigenvalue weighted by Crippen LogP contribution is 2.30. The Morgan fingerprint density at radius 3 is 2.89 bits per heavy atom. The van der Waals surface area contributed by atoms with E-state index >= 15 is 0 Å². The number of aliphatic carboxylic acids is 1. The van der Waals surface area contributed by atoms with E-state index in [0.29, 0.717) is 11.1 Å². The van der Waals surface area contributed by atoms with E-state index in [1.54, 1.807) is 0 Å². The number of aryl methyl sites for hydroxylation is 1. The largest absolute Gasteiger partial charge is 0.478 e. The summed E-state index contributed by atoms with van der Waals surface area (Å²) < 4.78 is 5.71. The Labute approximate surface area is 115 Å². The molecule has 0 saturated heterocycles. The van der Waals surface area contributed by atoms with E-state index in [2.05, 4.69) is 22.0 Å². The highest BCUT2D eigenvalue weighted by Gasteiger charge is 2.14. The lowest BCUT2D eigenvalue weighted by molar-refractivity contribution is -0.131. The number of carboxylic acids is 1. The summed E-state index contributed by atoms with van der Waals surface area (Å²) >= 11 is 3.24. The van der Waals surface area contributed by atoms with Gasteiger partial charge in [0.2, 0.25) is 0 Å². The van der Waals surface area contributed by atoms with Crippen LogP contribution in [0.5, 0.6) is 5.75 Å². The Morgan fingerprint density at radius 2 is 2.17 bits per heavy atom. The van der Waals surface area contributed by atoms with Crippen LogP contribution in [0.15, 0.2) is 30.0 Å². The molecular weight excluding hydrogens is 296 g/mol. The van der Waals surface area contributed by atoms with Gasteiger partial charge in [0.25, 0.3) is 0 Å². The average molecular weight is 311 g/mol. The molecule has 0 unspecified atom stereocenters. The number of hydrogen-bond acceptors (Lipinski definition) is 2. The number of fused-ring (bicyclic) bond motifs is 1. The van der Waals surface area contributed by atoms with Crippen LogP contribution < -0.4 is 4.74 Å². The van der Waals surface area contributed by atoms with Crippen LogP contribution >= 0.6 is 15.9 Å². The molecule has 0 atom stereocenters. The van der Waals surface area contributed by atoms with Crippen LogP contribution in [0.4, 0.5) is 0 Å². The second-order valence-electron chi connectivity index (χ2n) is 4.29. The summed E-state index contributed by atoms with van der Waals surface area (Å²) in [6.45, 7) is 0. The number of hydrogen-bond donors (Lipinski definition) is 1. The minimum absolute atomic E-state index is 0.392. The Balaban J connectivity index is 2.26. The molecule has 0 spiro atoms. The van der Waals surface area contributed by atoms with E-state index < -0.39 is 5.97 Å². The van der Waals surface area contributed by atoms with Gasteiger partial charge in [-0.25, -0.2) is 4.79 Å². The molecule has 0 bridgehead atoms. The molecule has 96 valence electrons. The molecule has 0 aliphatic heterocycles. The summed E-state index contributed by atoms with van der Waals surface area (Å²) in [5.74, 6) is 0.217. The fraction of sp³-hybridized carbons (Fsp3) is 0.357. The smallest absolute Gasteiger partial charge is 0.331 e. The van der Waals surface area contributed by atoms with Crippen molar-refractivity contribution in [3.63, 3.8) is 0 Å². The molecule has 0 fully saturated rings. The van der Waals surface area contributed by atoms with Crippen LogP contribution in [0, 0.1) is 0 Å². The lowest BCUT2D eigenvalue weighted by Crippen LogP contribution is -2.07. The highest BCUT2D eigenvalue weighted by atomic mass is 79.9. The number of rotatable bonds is 4. The van der Waals surface area contributed by atoms with Crippen LogP contribution in [0.3, 0.4) is 0 Å². The highest BCUT2D eigenvalue weighted by molar-refractivity contribution is 9.09. The second-order valence-corrected chi connectivity index (χ2v) is 4.85. The average Bonchev–Trinajstić information content (AvgIpc) is 2.38. The Hall–Kier alpha value is -1.29. The van der Waals surface area contributed by atoms with Crippen molar-refractivity contribution in [3.05, 3.63) is 41.2 Å². The van der Waals surface area contributed by atoms with Crippen LogP contribution in [-0.2, 0) is 17.6 Å². The van der Waals surface area contributed by atoms with Gasteiger partial charge in [-0.1, -0.05) is 28.1 Å². The zero-order valence-electron chi connectivity index (χ0n) is 9.99. The van der Waals surface area contributed by atoms with E-state index in [9.17, 15) is 4.79 Å². The predicted molar refractivity (Wildman–Crippen MR) is 73.2 cm³/mol. The van der Waals surface area contributed by atoms with Gasteiger partial charge in [-0.05, 0) is 42.9 Å². The number of carbonyl (C=O) groups is 1. The van der Waals surface area contributed by atoms with Gasteiger partial charge in [-0.3, -0.25) is 0 Å². The van der Waals surface area contributed by atoms with Crippen LogP contribution in [0.25, 0.3) is 0 Å². The number of allylic oxidation sites excluding steroid dienone is 1. The van der Waals surface area contributed by atoms with Crippen molar-refractivity contribution in [3.8, 4) is 5.75 Å². The molecule has 1 N–H and O–H groups in total. The van der Waals surface area contributed by atoms with Gasteiger partial charge in [0.15, 0.2) is 0 Å². The fourth-order valence-electron chi connectivity index (χ4n) is 2.22. The maximum absolute atomic E-state index is 10.7. The van der Waals surface area contributed by atoms with E-state index in [1.165, 1.54) is 24.0 Å². The van der Waals surface area contributed by atoms with Crippen molar-refractivity contribution < 1.29 is 14.6 Å². The summed E-state index contributed by atoms with van der Waals surface area (Å²) in [5, 5.41) is 9.15. The maximum atomic E-state index is 10.7. The number of carboxylic acid groups (broad SMARTS) is 1. The van der Waals surface area contributed by atoms with Gasteiger partial charge in [0.1, 0.15) is 11.5 Å². The predicted octanol–water partition coefficient (Wildman–Crippen LogP) is 3.31. The molecule has 1 aromatic rings. The molecule has 1 aliphatic rings. The molecule has 0 saturated carbocycles. The first-order valence-electron chi connectivity index (χ1n) is 5.99. The van der Waals surface area contributed by atoms with E-state index in [1.807, 2.05) is 12.1 Å². The van der Waals surface area contributed by atoms with Crippen molar-refractivity contribution in [1.29, 1.82) is 0 Å². The van der Waals surface area contributed by atoms with E-state index in [4.69, 9.17) is 9.84 Å². The Morgan fingerprint density at radius 1 is 1.39 bits per heavy atom. The summed E-state index contributed by atoms with van der Waals surface area (Å²) in [6, 6.07) is 5.99. The standard InChI is InChI=1S/C14H15BrO3/c15-9-11(8-14(16)17)18-13-7-3-5-10-4-1-2-6-12(10)13/h3,5,7-8H,1-2,4,6,9H2,(H,16,17). The molecule has 4 heteroatoms. The Bertz CT molecular complexity index is 480. The normalized spacial score (nSPS) is 15.1. The molecule has 0 radical (unpaired) electrons. The molecule has 0 amide bonds. The molecule has 3 nitrogen and oxygen atoms in total. The molecule has 2 rings (SSSR count). The first kappa shape index (κ1) is 13.1. The first-order valence-corrected chi connectivity index (χ1v) is 7.11. The van der Waals surface area contributed by atoms with E-state index in [0.717, 1.165) is 24.7 Å². The monoisotopic (exact) mass is 310 g/mol. The molecule has 18 heavy (non-hydrogen) atoms. The third-order valence-corrected chi connectivity index (χ3v) is 3.56. The van der Waals surface area contributed by atoms with Crippen molar-refractivity contribution in [2.24, 2.45) is 0 Å². The molecular formula is C14H15BrO3. The van der Waals surface area contributed by atoms with Gasteiger partial charge in [-0.15, -0.1) is 0 Å². The molecule has 1 aliphatic carbocycles. The van der Waals surface area contributed by atoms with Crippen LogP contribution in [0.2, 0.25) is 0 Å². The third-order valence-electron chi connectivity index (χ3n) is 3.01. The molecule has 1 aromatic carbocycles. The first-order chi connectivity index (χ1) is 8.70. The van der Waals surface area contributed by atoms with Crippen molar-refractivity contribution >= 4 is 21.9 Å². The minimum Gasteiger partial charge on any atom is -0.478 e. The quantitative estimate of drug-likeness (QED) is 0.527. The summed E-state index contributed by atoms with van der Waals surface area (Å²) in [7, 11) is 0. The van der Waals surface area contributed by atoms with Crippen molar-refractivity contribution in [1.82, 2.24) is 0 Å². The van der Waals surface area contributed by atoms with Crippen LogP contribution in [-0.4, -0.2) is 16.4 Å². The number of ether oxygens (including phenoxy) is 1. The van der Waals surface area contributed by atoms with Gasteiger partial charge >= 0.3 is 5.97 Å². The second kappa shape index (κ2) is 6.05. The maximum Gasteiger partial charge on any atom is 0.331 e. The fourth-order valence-corrected chi connectivity index (χ4v) is 2.49. The minimum atomic E-state index is -0.991. The van der Waals surface area contributed by atoms with Gasteiger partial charge in [-0.2, -0.15) is 0 Å². The summed E-state index contributed by atoms with van der Waals surface area (Å²) in [6.07, 6.45) is 5.57. The zero-order valence-corrected chi connectivity index (χ0v) is 11.6. The summed E-state index contributed by atoms with van der Waals surface area (Å²) in [4.78, 5) is 10.7. The lowest BCUT2D eigenvalue weighted by Gasteiger charge is -2.19. The topological polar surface area (TPSA) is 46.5 Å². The molecule has 0 heterocycles. The number of benzene rings is 1. The third kappa shape index (κ3) is 3.13. The zero-order chi connectivity index (χ0) is 13.0. The van der Waals surface area contributed by atoms with Gasteiger partial charge in [0, 0.05) is 0 Å². The summed E-state index contributed by atoms with van der Waals surface area (Å²) in [5.41, 5.74) is 2.55. The Kier molecular flexibility index (Phi) is 4.42. The number of alkyl halides is 1. The molecule has 0 aromatic heterocycles. The van der Waals surface area contributed by atoms with E-state index in [-0.39, 0.29) is 0 Å². The van der Waals surface area contributed by atoms with Gasteiger partial charge < -0.3 is 9.84 Å². The van der Waals surface area contributed by atoms with Crippen molar-refractivity contribution in [2.45, 2.75) is 25.7 Å². The lowest BCUT2D eigenvalue weighted by atomic mass is 9.91. The van der Waals surface area contributed by atoms with Crippen molar-refractivity contribution in [2.75, 3.05) is 5.33 Å². The number of halogens is 1.